The highest BCUT2D eigenvalue weighted by atomic mass is 16.6. The maximum absolute atomic E-state index is 13.1. The summed E-state index contributed by atoms with van der Waals surface area (Å²) in [6.45, 7) is 9.72. The fourth-order valence-electron chi connectivity index (χ4n) is 3.86. The second-order valence-corrected chi connectivity index (χ2v) is 7.04. The normalized spacial score (nSPS) is 25.5. The number of likely N-dealkylation sites (N-methyl/N-ethyl adjacent to an activating group) is 1. The number of likely N-dealkylation sites (tertiary alicyclic amines) is 1. The van der Waals surface area contributed by atoms with Crippen molar-refractivity contribution in [3.05, 3.63) is 40.3 Å². The average Bonchev–Trinajstić information content (AvgIpc) is 3.08. The van der Waals surface area contributed by atoms with E-state index in [1.807, 2.05) is 20.8 Å². The van der Waals surface area contributed by atoms with Gasteiger partial charge >= 0.3 is 5.88 Å². The number of rotatable bonds is 3. The zero-order valence-electron chi connectivity index (χ0n) is 14.2. The molecule has 0 bridgehead atoms. The fourth-order valence-corrected chi connectivity index (χ4v) is 3.86. The molecule has 0 radical (unpaired) electrons. The standard InChI is InChI=1S/C16H20N4O4/c1-10(2)19-14(21)16(9-15(19,3)4)8-11(17-18(16)5)12-6-7-13(24-12)20(22)23/h6-7H,1,8-9H2,2-5H3. The predicted octanol–water partition coefficient (Wildman–Crippen LogP) is 2.51. The van der Waals surface area contributed by atoms with Crippen LogP contribution in [0.4, 0.5) is 5.88 Å². The molecule has 1 saturated heterocycles. The Balaban J connectivity index is 1.94. The highest BCUT2D eigenvalue weighted by molar-refractivity contribution is 6.06. The van der Waals surface area contributed by atoms with Crippen molar-refractivity contribution in [3.63, 3.8) is 0 Å². The Labute approximate surface area is 139 Å². The third-order valence-electron chi connectivity index (χ3n) is 4.72. The van der Waals surface area contributed by atoms with Crippen LogP contribution >= 0.6 is 0 Å². The lowest BCUT2D eigenvalue weighted by Gasteiger charge is -2.31. The lowest BCUT2D eigenvalue weighted by atomic mass is 9.85. The average molecular weight is 332 g/mol. The first-order valence-electron chi connectivity index (χ1n) is 7.64. The highest BCUT2D eigenvalue weighted by Gasteiger charge is 2.60. The van der Waals surface area contributed by atoms with Crippen LogP contribution in [0.3, 0.4) is 0 Å². The van der Waals surface area contributed by atoms with Gasteiger partial charge in [-0.05, 0) is 26.8 Å². The molecule has 1 unspecified atom stereocenters. The van der Waals surface area contributed by atoms with Crippen LogP contribution < -0.4 is 0 Å². The number of allylic oxidation sites excluding steroid dienone is 1. The van der Waals surface area contributed by atoms with Crippen molar-refractivity contribution in [2.75, 3.05) is 7.05 Å². The summed E-state index contributed by atoms with van der Waals surface area (Å²) in [6, 6.07) is 2.81. The summed E-state index contributed by atoms with van der Waals surface area (Å²) in [5.74, 6) is -0.0648. The Morgan fingerprint density at radius 3 is 2.62 bits per heavy atom. The third kappa shape index (κ3) is 2.13. The molecule has 0 aromatic carbocycles. The van der Waals surface area contributed by atoms with E-state index in [-0.39, 0.29) is 17.3 Å². The highest BCUT2D eigenvalue weighted by Crippen LogP contribution is 2.46. The Morgan fingerprint density at radius 2 is 2.12 bits per heavy atom. The molecule has 8 nitrogen and oxygen atoms in total. The molecule has 2 aliphatic rings. The van der Waals surface area contributed by atoms with E-state index in [4.69, 9.17) is 4.42 Å². The van der Waals surface area contributed by atoms with Gasteiger partial charge in [-0.15, -0.1) is 0 Å². The van der Waals surface area contributed by atoms with Crippen molar-refractivity contribution in [1.29, 1.82) is 0 Å². The van der Waals surface area contributed by atoms with Gasteiger partial charge < -0.3 is 9.32 Å². The minimum absolute atomic E-state index is 0.0534. The number of nitro groups is 1. The Bertz CT molecular complexity index is 779. The van der Waals surface area contributed by atoms with E-state index < -0.39 is 10.5 Å². The summed E-state index contributed by atoms with van der Waals surface area (Å²) in [4.78, 5) is 25.0. The number of hydrogen-bond donors (Lipinski definition) is 0. The van der Waals surface area contributed by atoms with Crippen LogP contribution in [0.2, 0.25) is 0 Å². The third-order valence-corrected chi connectivity index (χ3v) is 4.72. The van der Waals surface area contributed by atoms with E-state index in [9.17, 15) is 14.9 Å². The summed E-state index contributed by atoms with van der Waals surface area (Å²) in [7, 11) is 1.75. The van der Waals surface area contributed by atoms with Gasteiger partial charge in [-0.25, -0.2) is 0 Å². The van der Waals surface area contributed by atoms with Crippen LogP contribution in [0.25, 0.3) is 0 Å². The Kier molecular flexibility index (Phi) is 3.33. The molecule has 1 atom stereocenters. The zero-order chi connectivity index (χ0) is 17.9. The van der Waals surface area contributed by atoms with E-state index in [0.29, 0.717) is 30.0 Å². The molecule has 1 amide bonds. The number of carbonyl (C=O) groups excluding carboxylic acids is 1. The molecule has 1 fully saturated rings. The minimum Gasteiger partial charge on any atom is -0.399 e. The van der Waals surface area contributed by atoms with Gasteiger partial charge in [0.15, 0.2) is 5.76 Å². The molecule has 2 aliphatic heterocycles. The SMILES string of the molecule is C=C(C)N1C(=O)C2(CC(c3ccc([N+](=O)[O-])o3)=NN2C)CC1(C)C. The number of hydrazone groups is 1. The van der Waals surface area contributed by atoms with E-state index in [1.54, 1.807) is 17.0 Å². The number of amides is 1. The molecule has 0 aliphatic carbocycles. The molecule has 128 valence electrons. The summed E-state index contributed by atoms with van der Waals surface area (Å²) >= 11 is 0. The second kappa shape index (κ2) is 4.93. The molecule has 1 aromatic heterocycles. The van der Waals surface area contributed by atoms with Crippen LogP contribution in [-0.2, 0) is 4.79 Å². The molecule has 3 rings (SSSR count). The number of carbonyl (C=O) groups is 1. The van der Waals surface area contributed by atoms with Crippen LogP contribution in [0.15, 0.2) is 33.9 Å². The van der Waals surface area contributed by atoms with Crippen LogP contribution in [0.5, 0.6) is 0 Å². The van der Waals surface area contributed by atoms with Gasteiger partial charge in [0.05, 0.1) is 6.07 Å². The first-order valence-corrected chi connectivity index (χ1v) is 7.64. The largest absolute Gasteiger partial charge is 0.433 e. The van der Waals surface area contributed by atoms with Crippen molar-refractivity contribution < 1.29 is 14.1 Å². The van der Waals surface area contributed by atoms with Crippen molar-refractivity contribution in [1.82, 2.24) is 9.91 Å². The Hall–Kier alpha value is -2.64. The quantitative estimate of drug-likeness (QED) is 0.626. The maximum atomic E-state index is 13.1. The molecule has 24 heavy (non-hydrogen) atoms. The first kappa shape index (κ1) is 16.2. The summed E-state index contributed by atoms with van der Waals surface area (Å²) in [5, 5.41) is 16.9. The fraction of sp³-hybridized carbons (Fsp3) is 0.500. The van der Waals surface area contributed by atoms with E-state index >= 15 is 0 Å². The van der Waals surface area contributed by atoms with E-state index in [1.165, 1.54) is 12.1 Å². The van der Waals surface area contributed by atoms with Gasteiger partial charge in [-0.1, -0.05) is 6.58 Å². The minimum atomic E-state index is -0.806. The van der Waals surface area contributed by atoms with Crippen LogP contribution in [-0.4, -0.2) is 44.6 Å². The van der Waals surface area contributed by atoms with Gasteiger partial charge in [-0.3, -0.25) is 19.9 Å². The van der Waals surface area contributed by atoms with Gasteiger partial charge in [0, 0.05) is 31.1 Å². The molecular formula is C16H20N4O4. The predicted molar refractivity (Wildman–Crippen MR) is 87.4 cm³/mol. The molecule has 8 heteroatoms. The summed E-state index contributed by atoms with van der Waals surface area (Å²) < 4.78 is 5.24. The molecule has 1 aromatic rings. The topological polar surface area (TPSA) is 92.2 Å². The van der Waals surface area contributed by atoms with Crippen molar-refractivity contribution >= 4 is 17.5 Å². The van der Waals surface area contributed by atoms with Crippen molar-refractivity contribution in [3.8, 4) is 0 Å². The molecule has 3 heterocycles. The van der Waals surface area contributed by atoms with E-state index in [0.717, 1.165) is 0 Å². The lowest BCUT2D eigenvalue weighted by molar-refractivity contribution is -0.402. The van der Waals surface area contributed by atoms with Crippen LogP contribution in [0, 0.1) is 10.1 Å². The summed E-state index contributed by atoms with van der Waals surface area (Å²) in [6.07, 6.45) is 0.929. The molecule has 1 spiro atoms. The first-order chi connectivity index (χ1) is 11.1. The maximum Gasteiger partial charge on any atom is 0.433 e. The number of nitrogens with zero attached hydrogens (tertiary/aromatic N) is 4. The lowest BCUT2D eigenvalue weighted by Crippen LogP contribution is -2.47. The second-order valence-electron chi connectivity index (χ2n) is 7.04. The van der Waals surface area contributed by atoms with Gasteiger partial charge in [0.25, 0.3) is 5.91 Å². The molecular weight excluding hydrogens is 312 g/mol. The van der Waals surface area contributed by atoms with Crippen molar-refractivity contribution in [2.45, 2.75) is 44.7 Å². The van der Waals surface area contributed by atoms with Crippen LogP contribution in [0.1, 0.15) is 39.4 Å². The Morgan fingerprint density at radius 1 is 1.46 bits per heavy atom. The summed E-state index contributed by atoms with van der Waals surface area (Å²) in [5.41, 5.74) is 0.0482. The molecule has 0 N–H and O–H groups in total. The van der Waals surface area contributed by atoms with Gasteiger partial charge in [0.1, 0.15) is 16.2 Å². The van der Waals surface area contributed by atoms with Gasteiger partial charge in [0.2, 0.25) is 0 Å². The number of hydrogen-bond acceptors (Lipinski definition) is 6. The molecule has 0 saturated carbocycles. The van der Waals surface area contributed by atoms with E-state index in [2.05, 4.69) is 11.7 Å². The zero-order valence-corrected chi connectivity index (χ0v) is 14.2. The van der Waals surface area contributed by atoms with Crippen molar-refractivity contribution in [2.24, 2.45) is 5.10 Å². The van der Waals surface area contributed by atoms with Gasteiger partial charge in [-0.2, -0.15) is 5.10 Å². The number of furan rings is 1. The smallest absolute Gasteiger partial charge is 0.399 e. The monoisotopic (exact) mass is 332 g/mol.